The van der Waals surface area contributed by atoms with Gasteiger partial charge in [0.2, 0.25) is 5.91 Å². The first-order valence-corrected chi connectivity index (χ1v) is 9.75. The Morgan fingerprint density at radius 3 is 2.48 bits per heavy atom. The van der Waals surface area contributed by atoms with Gasteiger partial charge < -0.3 is 4.90 Å². The molecule has 3 aliphatic heterocycles. The van der Waals surface area contributed by atoms with Crippen LogP contribution in [0.1, 0.15) is 47.4 Å². The summed E-state index contributed by atoms with van der Waals surface area (Å²) < 4.78 is 0. The molecule has 3 aliphatic rings. The normalized spacial score (nSPS) is 28.3. The van der Waals surface area contributed by atoms with Crippen molar-refractivity contribution in [2.24, 2.45) is 11.8 Å². The average molecular weight is 370 g/mol. The molecule has 1 aromatic rings. The van der Waals surface area contributed by atoms with Crippen molar-refractivity contribution in [1.82, 2.24) is 20.7 Å². The lowest BCUT2D eigenvalue weighted by atomic mass is 9.82. The Hall–Kier alpha value is -2.25. The van der Waals surface area contributed by atoms with E-state index in [-0.39, 0.29) is 24.3 Å². The van der Waals surface area contributed by atoms with E-state index in [4.69, 9.17) is 0 Å². The molecule has 4 unspecified atom stereocenters. The molecule has 7 nitrogen and oxygen atoms in total. The van der Waals surface area contributed by atoms with Crippen LogP contribution in [0.3, 0.4) is 0 Å². The number of hydrogen-bond donors (Lipinski definition) is 2. The Kier molecular flexibility index (Phi) is 4.74. The lowest BCUT2D eigenvalue weighted by molar-refractivity contribution is -0.133. The van der Waals surface area contributed by atoms with Gasteiger partial charge in [-0.2, -0.15) is 0 Å². The Bertz CT molecular complexity index is 745. The molecule has 3 amide bonds. The highest BCUT2D eigenvalue weighted by Gasteiger charge is 2.43. The van der Waals surface area contributed by atoms with Crippen LogP contribution in [0.5, 0.6) is 0 Å². The van der Waals surface area contributed by atoms with Crippen molar-refractivity contribution < 1.29 is 14.4 Å². The number of fused-ring (bicyclic) bond motifs is 2. The van der Waals surface area contributed by atoms with E-state index in [1.165, 1.54) is 0 Å². The lowest BCUT2D eigenvalue weighted by Crippen LogP contribution is -2.52. The number of piperidine rings is 1. The van der Waals surface area contributed by atoms with Crippen molar-refractivity contribution in [3.8, 4) is 0 Å². The van der Waals surface area contributed by atoms with Gasteiger partial charge in [-0.05, 0) is 24.5 Å². The summed E-state index contributed by atoms with van der Waals surface area (Å²) >= 11 is 0. The Morgan fingerprint density at radius 2 is 1.85 bits per heavy atom. The predicted molar refractivity (Wildman–Crippen MR) is 99.8 cm³/mol. The van der Waals surface area contributed by atoms with E-state index in [0.29, 0.717) is 48.1 Å². The van der Waals surface area contributed by atoms with Gasteiger partial charge in [0.05, 0.1) is 11.1 Å². The summed E-state index contributed by atoms with van der Waals surface area (Å²) in [5, 5.41) is 0. The molecule has 144 valence electrons. The van der Waals surface area contributed by atoms with Gasteiger partial charge in [-0.3, -0.25) is 30.1 Å². The number of likely N-dealkylation sites (tertiary alicyclic amines) is 1. The van der Waals surface area contributed by atoms with Crippen molar-refractivity contribution >= 4 is 17.7 Å². The number of benzene rings is 1. The maximum absolute atomic E-state index is 12.9. The minimum Gasteiger partial charge on any atom is -0.341 e. The molecule has 0 bridgehead atoms. The quantitative estimate of drug-likeness (QED) is 0.774. The molecule has 1 aromatic carbocycles. The molecule has 0 aliphatic carbocycles. The zero-order chi connectivity index (χ0) is 19.1. The molecule has 0 radical (unpaired) electrons. The second kappa shape index (κ2) is 7.05. The highest BCUT2D eigenvalue weighted by Crippen LogP contribution is 2.30. The Morgan fingerprint density at radius 1 is 1.19 bits per heavy atom. The minimum atomic E-state index is -0.375. The topological polar surface area (TPSA) is 81.8 Å². The van der Waals surface area contributed by atoms with Crippen molar-refractivity contribution in [1.29, 1.82) is 0 Å². The molecule has 3 heterocycles. The third-order valence-corrected chi connectivity index (χ3v) is 6.34. The molecule has 4 atom stereocenters. The van der Waals surface area contributed by atoms with Crippen LogP contribution in [0.4, 0.5) is 0 Å². The number of amides is 3. The number of carbonyl (C=O) groups is 3. The fourth-order valence-corrected chi connectivity index (χ4v) is 4.50. The highest BCUT2D eigenvalue weighted by molar-refractivity contribution is 6.22. The van der Waals surface area contributed by atoms with Crippen LogP contribution in [0.15, 0.2) is 24.3 Å². The van der Waals surface area contributed by atoms with E-state index < -0.39 is 0 Å². The highest BCUT2D eigenvalue weighted by atomic mass is 16.2. The van der Waals surface area contributed by atoms with Gasteiger partial charge in [-0.1, -0.05) is 32.4 Å². The van der Waals surface area contributed by atoms with Crippen molar-refractivity contribution in [2.45, 2.75) is 38.8 Å². The minimum absolute atomic E-state index is 0.155. The third-order valence-electron chi connectivity index (χ3n) is 6.34. The molecular formula is C20H26N4O3. The van der Waals surface area contributed by atoms with Gasteiger partial charge in [0.25, 0.3) is 11.8 Å². The number of carbonyl (C=O) groups excluding carboxylic acids is 3. The maximum Gasteiger partial charge on any atom is 0.262 e. The summed E-state index contributed by atoms with van der Waals surface area (Å²) in [6.07, 6.45) is 1.95. The third kappa shape index (κ3) is 3.04. The lowest BCUT2D eigenvalue weighted by Gasteiger charge is -2.37. The summed E-state index contributed by atoms with van der Waals surface area (Å²) in [4.78, 5) is 40.8. The van der Waals surface area contributed by atoms with Crippen molar-refractivity contribution in [3.05, 3.63) is 35.4 Å². The zero-order valence-corrected chi connectivity index (χ0v) is 15.8. The van der Waals surface area contributed by atoms with E-state index in [0.717, 1.165) is 17.7 Å². The second-order valence-electron chi connectivity index (χ2n) is 7.84. The maximum atomic E-state index is 12.9. The first kappa shape index (κ1) is 18.1. The van der Waals surface area contributed by atoms with Crippen LogP contribution in [0.2, 0.25) is 0 Å². The number of nitrogens with one attached hydrogen (secondary N) is 2. The van der Waals surface area contributed by atoms with E-state index >= 15 is 0 Å². The average Bonchev–Trinajstić information content (AvgIpc) is 3.22. The van der Waals surface area contributed by atoms with E-state index in [9.17, 15) is 14.4 Å². The van der Waals surface area contributed by atoms with Crippen LogP contribution >= 0.6 is 0 Å². The molecule has 0 spiro atoms. The zero-order valence-electron chi connectivity index (χ0n) is 15.8. The molecule has 2 N–H and O–H groups in total. The van der Waals surface area contributed by atoms with Crippen LogP contribution < -0.4 is 10.9 Å². The first-order chi connectivity index (χ1) is 13.0. The summed E-state index contributed by atoms with van der Waals surface area (Å²) in [7, 11) is 0. The van der Waals surface area contributed by atoms with Gasteiger partial charge in [-0.25, -0.2) is 0 Å². The number of hydrogen-bond acceptors (Lipinski definition) is 5. The molecule has 0 aromatic heterocycles. The summed E-state index contributed by atoms with van der Waals surface area (Å²) in [6.45, 7) is 5.51. The smallest absolute Gasteiger partial charge is 0.262 e. The Balaban J connectivity index is 1.44. The predicted octanol–water partition coefficient (Wildman–Crippen LogP) is 1.02. The molecule has 7 heteroatoms. The van der Waals surface area contributed by atoms with Gasteiger partial charge in [0.1, 0.15) is 6.54 Å². The van der Waals surface area contributed by atoms with Crippen LogP contribution in [-0.4, -0.2) is 59.2 Å². The number of nitrogens with zero attached hydrogens (tertiary/aromatic N) is 2. The summed E-state index contributed by atoms with van der Waals surface area (Å²) in [5.74, 6) is -0.0441. The van der Waals surface area contributed by atoms with E-state index in [2.05, 4.69) is 24.7 Å². The van der Waals surface area contributed by atoms with Crippen LogP contribution in [0, 0.1) is 11.8 Å². The fourth-order valence-electron chi connectivity index (χ4n) is 4.50. The van der Waals surface area contributed by atoms with E-state index in [1.807, 2.05) is 4.90 Å². The van der Waals surface area contributed by atoms with Gasteiger partial charge in [0, 0.05) is 31.1 Å². The van der Waals surface area contributed by atoms with E-state index in [1.54, 1.807) is 24.3 Å². The summed E-state index contributed by atoms with van der Waals surface area (Å²) in [6, 6.07) is 7.43. The molecule has 0 saturated carbocycles. The molecule has 2 saturated heterocycles. The van der Waals surface area contributed by atoms with Gasteiger partial charge in [-0.15, -0.1) is 0 Å². The standard InChI is InChI=1S/C20H26N4O3/c1-3-12(2)18-15-10-23(9-8-16(15)21-22-18)17(25)11-24-19(26)13-6-4-5-7-14(13)20(24)27/h4-7,12,15-16,18,21-22H,3,8-11H2,1-2H3. The largest absolute Gasteiger partial charge is 0.341 e. The Labute approximate surface area is 159 Å². The van der Waals surface area contributed by atoms with Gasteiger partial charge >= 0.3 is 0 Å². The van der Waals surface area contributed by atoms with Crippen LogP contribution in [-0.2, 0) is 4.79 Å². The fraction of sp³-hybridized carbons (Fsp3) is 0.550. The first-order valence-electron chi connectivity index (χ1n) is 9.75. The van der Waals surface area contributed by atoms with Crippen molar-refractivity contribution in [2.75, 3.05) is 19.6 Å². The monoisotopic (exact) mass is 370 g/mol. The molecular weight excluding hydrogens is 344 g/mol. The second-order valence-corrected chi connectivity index (χ2v) is 7.84. The van der Waals surface area contributed by atoms with Crippen molar-refractivity contribution in [3.63, 3.8) is 0 Å². The molecule has 2 fully saturated rings. The molecule has 27 heavy (non-hydrogen) atoms. The number of rotatable bonds is 4. The van der Waals surface area contributed by atoms with Crippen LogP contribution in [0.25, 0.3) is 0 Å². The van der Waals surface area contributed by atoms with Gasteiger partial charge in [0.15, 0.2) is 0 Å². The summed E-state index contributed by atoms with van der Waals surface area (Å²) in [5.41, 5.74) is 7.55. The number of imide groups is 1. The SMILES string of the molecule is CCC(C)C1NNC2CCN(C(=O)CN3C(=O)c4ccccc4C3=O)CC21. The molecule has 4 rings (SSSR count). The number of hydrazine groups is 1.